The van der Waals surface area contributed by atoms with E-state index in [4.69, 9.17) is 4.98 Å². The number of carbonyl (C=O) groups is 1. The Kier molecular flexibility index (Phi) is 6.74. The third kappa shape index (κ3) is 5.45. The lowest BCUT2D eigenvalue weighted by Crippen LogP contribution is -2.37. The number of rotatable bonds is 8. The first-order valence-corrected chi connectivity index (χ1v) is 15.7. The van der Waals surface area contributed by atoms with E-state index in [0.717, 1.165) is 63.4 Å². The fourth-order valence-electron chi connectivity index (χ4n) is 5.95. The van der Waals surface area contributed by atoms with Gasteiger partial charge in [0.25, 0.3) is 5.91 Å². The van der Waals surface area contributed by atoms with Crippen LogP contribution in [0.1, 0.15) is 68.6 Å². The molecule has 1 spiro atoms. The van der Waals surface area contributed by atoms with Crippen LogP contribution in [0.4, 0.5) is 23.0 Å². The van der Waals surface area contributed by atoms with Gasteiger partial charge in [0.1, 0.15) is 11.6 Å². The maximum atomic E-state index is 13.6. The first kappa shape index (κ1) is 26.4. The van der Waals surface area contributed by atoms with Crippen molar-refractivity contribution in [2.75, 3.05) is 52.6 Å². The molecule has 2 aliphatic heterocycles. The van der Waals surface area contributed by atoms with Crippen LogP contribution in [-0.2, 0) is 10.0 Å². The van der Waals surface area contributed by atoms with E-state index in [1.165, 1.54) is 12.8 Å². The highest BCUT2D eigenvalue weighted by Crippen LogP contribution is 2.54. The summed E-state index contributed by atoms with van der Waals surface area (Å²) in [6.45, 7) is 5.26. The van der Waals surface area contributed by atoms with Gasteiger partial charge in [-0.05, 0) is 100.0 Å². The van der Waals surface area contributed by atoms with Gasteiger partial charge in [-0.15, -0.1) is 0 Å². The SMILES string of the molecule is CC1(S(=O)(=O)Nc2ccc(C(=O)Nc3cccc(N4CCC[C@H](CO)C4)n3)c(N3CCC4(CC3)CC4)c2)CC1. The van der Waals surface area contributed by atoms with E-state index in [1.807, 2.05) is 18.2 Å². The standard InChI is InChI=1S/C29H39N5O4S/c1-28(9-10-28)39(37,38)32-22-7-8-23(24(18-22)33-16-13-29(11-12-29)14-17-33)27(36)31-25-5-2-6-26(30-25)34-15-3-4-21(19-34)20-35/h2,5-8,18,21,32,35H,3-4,9-17,19-20H2,1H3,(H,30,31,36)/t21-/m0/s1. The Morgan fingerprint density at radius 1 is 1.05 bits per heavy atom. The first-order valence-electron chi connectivity index (χ1n) is 14.2. The molecule has 0 radical (unpaired) electrons. The van der Waals surface area contributed by atoms with E-state index >= 15 is 0 Å². The summed E-state index contributed by atoms with van der Waals surface area (Å²) in [7, 11) is -3.50. The molecule has 9 nitrogen and oxygen atoms in total. The average molecular weight is 554 g/mol. The number of amides is 1. The van der Waals surface area contributed by atoms with Crippen LogP contribution in [0.5, 0.6) is 0 Å². The monoisotopic (exact) mass is 553 g/mol. The Balaban J connectivity index is 1.24. The number of aromatic nitrogens is 1. The molecule has 1 atom stereocenters. The second-order valence-electron chi connectivity index (χ2n) is 12.2. The lowest BCUT2D eigenvalue weighted by Gasteiger charge is -2.35. The van der Waals surface area contributed by atoms with Crippen LogP contribution in [0.3, 0.4) is 0 Å². The first-order chi connectivity index (χ1) is 18.7. The van der Waals surface area contributed by atoms with Gasteiger partial charge >= 0.3 is 0 Å². The van der Waals surface area contributed by atoms with Crippen molar-refractivity contribution in [3.8, 4) is 0 Å². The Labute approximate surface area is 231 Å². The summed E-state index contributed by atoms with van der Waals surface area (Å²) in [5.74, 6) is 1.22. The van der Waals surface area contributed by atoms with Crippen LogP contribution >= 0.6 is 0 Å². The number of piperidine rings is 2. The summed E-state index contributed by atoms with van der Waals surface area (Å²) in [6, 6.07) is 10.8. The van der Waals surface area contributed by atoms with Gasteiger partial charge in [0.15, 0.2) is 0 Å². The second kappa shape index (κ2) is 9.96. The molecule has 4 aliphatic rings. The van der Waals surface area contributed by atoms with Crippen molar-refractivity contribution in [2.45, 2.75) is 63.0 Å². The molecular formula is C29H39N5O4S. The Morgan fingerprint density at radius 3 is 2.51 bits per heavy atom. The van der Waals surface area contributed by atoms with Crippen LogP contribution in [0, 0.1) is 11.3 Å². The molecule has 3 N–H and O–H groups in total. The van der Waals surface area contributed by atoms with Gasteiger partial charge in [-0.2, -0.15) is 0 Å². The molecular weight excluding hydrogens is 514 g/mol. The van der Waals surface area contributed by atoms with Gasteiger partial charge in [0, 0.05) is 32.8 Å². The van der Waals surface area contributed by atoms with Gasteiger partial charge in [0.05, 0.1) is 21.7 Å². The van der Waals surface area contributed by atoms with Crippen molar-refractivity contribution in [3.63, 3.8) is 0 Å². The molecule has 0 unspecified atom stereocenters. The maximum Gasteiger partial charge on any atom is 0.258 e. The highest BCUT2D eigenvalue weighted by Gasteiger charge is 2.50. The molecule has 2 saturated heterocycles. The van der Waals surface area contributed by atoms with Crippen LogP contribution in [0.25, 0.3) is 0 Å². The van der Waals surface area contributed by atoms with Gasteiger partial charge in [0.2, 0.25) is 10.0 Å². The molecule has 6 rings (SSSR count). The van der Waals surface area contributed by atoms with E-state index < -0.39 is 14.8 Å². The normalized spacial score (nSPS) is 23.4. The molecule has 0 bridgehead atoms. The van der Waals surface area contributed by atoms with E-state index in [-0.39, 0.29) is 18.4 Å². The van der Waals surface area contributed by atoms with Crippen LogP contribution in [-0.4, -0.2) is 61.9 Å². The summed E-state index contributed by atoms with van der Waals surface area (Å²) < 4.78 is 27.9. The molecule has 39 heavy (non-hydrogen) atoms. The molecule has 3 heterocycles. The maximum absolute atomic E-state index is 13.6. The lowest BCUT2D eigenvalue weighted by molar-refractivity contribution is 0.102. The second-order valence-corrected chi connectivity index (χ2v) is 14.4. The predicted molar refractivity (Wildman–Crippen MR) is 154 cm³/mol. The Hall–Kier alpha value is -2.85. The molecule has 1 aromatic heterocycles. The lowest BCUT2D eigenvalue weighted by atomic mass is 9.93. The fourth-order valence-corrected chi connectivity index (χ4v) is 7.27. The Morgan fingerprint density at radius 2 is 1.82 bits per heavy atom. The molecule has 210 valence electrons. The molecule has 1 amide bonds. The summed E-state index contributed by atoms with van der Waals surface area (Å²) in [6.07, 6.45) is 8.08. The number of nitrogens with zero attached hydrogens (tertiary/aromatic N) is 3. The van der Waals surface area contributed by atoms with Crippen molar-refractivity contribution in [2.24, 2.45) is 11.3 Å². The number of carbonyl (C=O) groups excluding carboxylic acids is 1. The van der Waals surface area contributed by atoms with Crippen molar-refractivity contribution in [1.29, 1.82) is 0 Å². The van der Waals surface area contributed by atoms with E-state index in [9.17, 15) is 18.3 Å². The largest absolute Gasteiger partial charge is 0.396 e. The highest BCUT2D eigenvalue weighted by atomic mass is 32.2. The smallest absolute Gasteiger partial charge is 0.258 e. The number of aliphatic hydroxyl groups is 1. The molecule has 2 aliphatic carbocycles. The highest BCUT2D eigenvalue weighted by molar-refractivity contribution is 7.94. The third-order valence-corrected chi connectivity index (χ3v) is 11.5. The Bertz CT molecular complexity index is 1350. The molecule has 1 aromatic carbocycles. The minimum Gasteiger partial charge on any atom is -0.396 e. The van der Waals surface area contributed by atoms with E-state index in [1.54, 1.807) is 25.1 Å². The van der Waals surface area contributed by atoms with Gasteiger partial charge in [-0.3, -0.25) is 9.52 Å². The van der Waals surface area contributed by atoms with Gasteiger partial charge in [-0.25, -0.2) is 13.4 Å². The van der Waals surface area contributed by atoms with Crippen LogP contribution in [0.15, 0.2) is 36.4 Å². The topological polar surface area (TPSA) is 115 Å². The minimum absolute atomic E-state index is 0.165. The zero-order valence-corrected chi connectivity index (χ0v) is 23.5. The average Bonchev–Trinajstić information content (AvgIpc) is 3.88. The summed E-state index contributed by atoms with van der Waals surface area (Å²) >= 11 is 0. The van der Waals surface area contributed by atoms with E-state index in [0.29, 0.717) is 35.3 Å². The van der Waals surface area contributed by atoms with Crippen molar-refractivity contribution < 1.29 is 18.3 Å². The molecule has 2 aromatic rings. The van der Waals surface area contributed by atoms with Gasteiger partial charge < -0.3 is 20.2 Å². The van der Waals surface area contributed by atoms with Crippen molar-refractivity contribution in [1.82, 2.24) is 4.98 Å². The predicted octanol–water partition coefficient (Wildman–Crippen LogP) is 4.22. The number of pyridine rings is 1. The number of anilines is 4. The van der Waals surface area contributed by atoms with Gasteiger partial charge in [-0.1, -0.05) is 6.07 Å². The molecule has 10 heteroatoms. The number of hydrogen-bond acceptors (Lipinski definition) is 7. The number of nitrogens with one attached hydrogen (secondary N) is 2. The summed E-state index contributed by atoms with van der Waals surface area (Å²) in [4.78, 5) is 22.7. The summed E-state index contributed by atoms with van der Waals surface area (Å²) in [5, 5.41) is 12.6. The van der Waals surface area contributed by atoms with Crippen molar-refractivity contribution >= 4 is 38.9 Å². The van der Waals surface area contributed by atoms with Crippen LogP contribution < -0.4 is 19.8 Å². The third-order valence-electron chi connectivity index (χ3n) is 9.30. The van der Waals surface area contributed by atoms with Crippen molar-refractivity contribution in [3.05, 3.63) is 42.0 Å². The zero-order chi connectivity index (χ0) is 27.3. The quantitative estimate of drug-likeness (QED) is 0.448. The van der Waals surface area contributed by atoms with E-state index in [2.05, 4.69) is 19.8 Å². The molecule has 4 fully saturated rings. The number of benzene rings is 1. The number of sulfonamides is 1. The number of hydrogen-bond donors (Lipinski definition) is 3. The minimum atomic E-state index is -3.50. The number of aliphatic hydroxyl groups excluding tert-OH is 1. The van der Waals surface area contributed by atoms with Crippen LogP contribution in [0.2, 0.25) is 0 Å². The molecule has 2 saturated carbocycles. The zero-order valence-electron chi connectivity index (χ0n) is 22.7. The summed E-state index contributed by atoms with van der Waals surface area (Å²) in [5.41, 5.74) is 2.23. The fraction of sp³-hybridized carbons (Fsp3) is 0.586.